The molecule has 366 valence electrons. The van der Waals surface area contributed by atoms with Gasteiger partial charge in [0.05, 0.1) is 43.0 Å². The van der Waals surface area contributed by atoms with Crippen molar-refractivity contribution in [1.82, 2.24) is 4.90 Å². The van der Waals surface area contributed by atoms with E-state index in [2.05, 4.69) is 0 Å². The number of carbonyl (C=O) groups is 5. The van der Waals surface area contributed by atoms with Gasteiger partial charge in [-0.1, -0.05) is 71.1 Å². The highest BCUT2D eigenvalue weighted by Crippen LogP contribution is 2.38. The molecule has 4 aliphatic rings. The number of methoxy groups -OCH3 is 2. The van der Waals surface area contributed by atoms with Crippen molar-refractivity contribution in [2.24, 2.45) is 41.4 Å². The van der Waals surface area contributed by atoms with Gasteiger partial charge in [0.2, 0.25) is 5.79 Å². The molecule has 1 saturated carbocycles. The van der Waals surface area contributed by atoms with Crippen LogP contribution < -0.4 is 0 Å². The van der Waals surface area contributed by atoms with Crippen molar-refractivity contribution in [2.45, 2.75) is 174 Å². The maximum absolute atomic E-state index is 14.4. The minimum atomic E-state index is -2.43. The van der Waals surface area contributed by atoms with Crippen LogP contribution >= 0.6 is 0 Å². The van der Waals surface area contributed by atoms with Crippen LogP contribution in [0.4, 0.5) is 0 Å². The molecule has 4 rings (SSSR count). The number of esters is 1. The standard InChI is InChI=1S/C51H79NO13/c1-30-15-11-10-12-16-31(2)43(62-8)27-38-20-18-36(7)51(61,65-38)48(58)49(59)52-22-14-13-17-40(52)50(60)64-44(33(4)25-37-19-21-41(54)45(26-37)63-9)28-42(55)32(3)24-35(6)47(57)39(29-53)46(56)34(5)23-30/h10-12,15-16,24,30,32-34,36-41,43-45,47,53-54,57,61H,13-14,17-23,25-29H2,1-9H3/b12-10?,15-11+,31-16?,35-24+/t30-,32-,33-,34-,36-,37+,38+,39+,40+,41-,43+,44+,45-,47-,51-/m1/s1. The number of fused-ring (bicyclic) bond motifs is 3. The molecule has 2 bridgehead atoms. The number of carbonyl (C=O) groups excluding carboxylic acids is 5. The maximum atomic E-state index is 14.4. The Labute approximate surface area is 386 Å². The summed E-state index contributed by atoms with van der Waals surface area (Å²) >= 11 is 0. The molecule has 0 aromatic heterocycles. The number of allylic oxidation sites excluding steroid dienone is 6. The number of rotatable bonds is 6. The second-order valence-corrected chi connectivity index (χ2v) is 19.7. The Kier molecular flexibility index (Phi) is 21.0. The fourth-order valence-corrected chi connectivity index (χ4v) is 10.2. The smallest absolute Gasteiger partial charge is 0.329 e. The number of hydrogen-bond donors (Lipinski definition) is 4. The van der Waals surface area contributed by atoms with Crippen molar-refractivity contribution in [3.63, 3.8) is 0 Å². The predicted octanol–water partition coefficient (Wildman–Crippen LogP) is 5.77. The summed E-state index contributed by atoms with van der Waals surface area (Å²) in [4.78, 5) is 71.7. The highest BCUT2D eigenvalue weighted by molar-refractivity contribution is 6.39. The first kappa shape index (κ1) is 54.2. The van der Waals surface area contributed by atoms with Gasteiger partial charge in [-0.3, -0.25) is 19.2 Å². The Morgan fingerprint density at radius 1 is 0.877 bits per heavy atom. The highest BCUT2D eigenvalue weighted by Gasteiger charge is 2.53. The van der Waals surface area contributed by atoms with Crippen molar-refractivity contribution < 1.29 is 63.3 Å². The fourth-order valence-electron chi connectivity index (χ4n) is 10.2. The molecule has 65 heavy (non-hydrogen) atoms. The second kappa shape index (κ2) is 25.1. The lowest BCUT2D eigenvalue weighted by Crippen LogP contribution is -2.61. The highest BCUT2D eigenvalue weighted by atomic mass is 16.6. The second-order valence-electron chi connectivity index (χ2n) is 19.7. The van der Waals surface area contributed by atoms with Crippen LogP contribution in [0.5, 0.6) is 0 Å². The molecule has 3 heterocycles. The molecule has 3 aliphatic heterocycles. The van der Waals surface area contributed by atoms with E-state index in [1.807, 2.05) is 51.2 Å². The Morgan fingerprint density at radius 2 is 1.60 bits per heavy atom. The lowest BCUT2D eigenvalue weighted by molar-refractivity contribution is -0.265. The lowest BCUT2D eigenvalue weighted by Gasteiger charge is -2.42. The fraction of sp³-hybridized carbons (Fsp3) is 0.745. The first-order chi connectivity index (χ1) is 30.7. The van der Waals surface area contributed by atoms with Crippen LogP contribution in [0.15, 0.2) is 47.6 Å². The van der Waals surface area contributed by atoms with Gasteiger partial charge in [0.1, 0.15) is 23.7 Å². The number of Topliss-reactive ketones (excluding diaryl/α,β-unsaturated/α-hetero) is 3. The summed E-state index contributed by atoms with van der Waals surface area (Å²) in [6, 6.07) is -1.15. The third-order valence-electron chi connectivity index (χ3n) is 14.6. The van der Waals surface area contributed by atoms with Gasteiger partial charge in [0.15, 0.2) is 0 Å². The van der Waals surface area contributed by atoms with Crippen molar-refractivity contribution in [2.75, 3.05) is 27.4 Å². The lowest BCUT2D eigenvalue weighted by atomic mass is 9.78. The van der Waals surface area contributed by atoms with E-state index < -0.39 is 90.3 Å². The van der Waals surface area contributed by atoms with E-state index in [1.54, 1.807) is 48.0 Å². The van der Waals surface area contributed by atoms with Gasteiger partial charge in [-0.15, -0.1) is 0 Å². The summed E-state index contributed by atoms with van der Waals surface area (Å²) in [5, 5.41) is 44.1. The quantitative estimate of drug-likeness (QED) is 0.142. The van der Waals surface area contributed by atoms with Gasteiger partial charge in [0.25, 0.3) is 11.7 Å². The summed E-state index contributed by atoms with van der Waals surface area (Å²) in [5.41, 5.74) is 1.22. The van der Waals surface area contributed by atoms with E-state index in [4.69, 9.17) is 18.9 Å². The third kappa shape index (κ3) is 14.3. The zero-order valence-corrected chi connectivity index (χ0v) is 40.4. The van der Waals surface area contributed by atoms with Gasteiger partial charge in [0, 0.05) is 51.4 Å². The van der Waals surface area contributed by atoms with Gasteiger partial charge in [-0.25, -0.2) is 4.79 Å². The van der Waals surface area contributed by atoms with Crippen LogP contribution in [0.2, 0.25) is 0 Å². The van der Waals surface area contributed by atoms with E-state index in [1.165, 1.54) is 4.90 Å². The van der Waals surface area contributed by atoms with Gasteiger partial charge < -0.3 is 44.3 Å². The molecular formula is C51H79NO13. The average molecular weight is 914 g/mol. The average Bonchev–Trinajstić information content (AvgIpc) is 3.28. The number of ether oxygens (including phenoxy) is 4. The molecule has 0 radical (unpaired) electrons. The number of aliphatic hydroxyl groups excluding tert-OH is 3. The molecule has 0 aromatic carbocycles. The van der Waals surface area contributed by atoms with E-state index in [-0.39, 0.29) is 54.8 Å². The molecule has 0 aromatic rings. The topological polar surface area (TPSA) is 206 Å². The molecule has 4 N–H and O–H groups in total. The van der Waals surface area contributed by atoms with Gasteiger partial charge in [-0.05, 0) is 107 Å². The molecule has 0 spiro atoms. The number of cyclic esters (lactones) is 1. The van der Waals surface area contributed by atoms with Crippen molar-refractivity contribution in [3.05, 3.63) is 47.6 Å². The summed E-state index contributed by atoms with van der Waals surface area (Å²) < 4.78 is 23.8. The van der Waals surface area contributed by atoms with E-state index in [0.717, 1.165) is 5.57 Å². The molecule has 1 aliphatic carbocycles. The third-order valence-corrected chi connectivity index (χ3v) is 14.6. The minimum Gasteiger partial charge on any atom is -0.460 e. The zero-order chi connectivity index (χ0) is 48.2. The number of nitrogens with zero attached hydrogens (tertiary/aromatic N) is 1. The Morgan fingerprint density at radius 3 is 2.28 bits per heavy atom. The van der Waals surface area contributed by atoms with Crippen molar-refractivity contribution in [3.8, 4) is 0 Å². The van der Waals surface area contributed by atoms with E-state index in [0.29, 0.717) is 69.8 Å². The number of piperidine rings is 1. The van der Waals surface area contributed by atoms with Crippen LogP contribution in [0.3, 0.4) is 0 Å². The maximum Gasteiger partial charge on any atom is 0.329 e. The van der Waals surface area contributed by atoms with E-state index >= 15 is 0 Å². The summed E-state index contributed by atoms with van der Waals surface area (Å²) in [7, 11) is 3.13. The van der Waals surface area contributed by atoms with E-state index in [9.17, 15) is 44.4 Å². The summed E-state index contributed by atoms with van der Waals surface area (Å²) in [6.45, 7) is 12.0. The predicted molar refractivity (Wildman–Crippen MR) is 245 cm³/mol. The molecule has 0 unspecified atom stereocenters. The van der Waals surface area contributed by atoms with Crippen LogP contribution in [-0.4, -0.2) is 130 Å². The molecular weight excluding hydrogens is 835 g/mol. The first-order valence-corrected chi connectivity index (χ1v) is 24.0. The van der Waals surface area contributed by atoms with Gasteiger partial charge >= 0.3 is 5.97 Å². The van der Waals surface area contributed by atoms with Crippen LogP contribution in [0.1, 0.15) is 126 Å². The molecule has 14 heteroatoms. The van der Waals surface area contributed by atoms with Crippen molar-refractivity contribution in [1.29, 1.82) is 0 Å². The summed E-state index contributed by atoms with van der Waals surface area (Å²) in [5.74, 6) is -9.25. The van der Waals surface area contributed by atoms with Crippen LogP contribution in [-0.2, 0) is 42.9 Å². The van der Waals surface area contributed by atoms with Gasteiger partial charge in [-0.2, -0.15) is 0 Å². The Bertz CT molecular complexity index is 1760. The van der Waals surface area contributed by atoms with Crippen molar-refractivity contribution >= 4 is 29.2 Å². The molecule has 15 atom stereocenters. The molecule has 1 amide bonds. The zero-order valence-electron chi connectivity index (χ0n) is 40.4. The number of ketones is 3. The summed E-state index contributed by atoms with van der Waals surface area (Å²) in [6.07, 6.45) is 12.0. The largest absolute Gasteiger partial charge is 0.460 e. The molecule has 2 saturated heterocycles. The van der Waals surface area contributed by atoms with Crippen LogP contribution in [0.25, 0.3) is 0 Å². The normalized spacial score (nSPS) is 39.1. The monoisotopic (exact) mass is 914 g/mol. The first-order valence-electron chi connectivity index (χ1n) is 24.0. The molecule has 3 fully saturated rings. The number of hydrogen-bond acceptors (Lipinski definition) is 13. The SMILES string of the molecule is CO[C@H]1C[C@@H]2CC[C@@H](C)[C@@](O)(O2)C(=O)C(=O)N2CCCC[C@H]2C(=O)O[C@H]([C@H](C)C[C@@H]2CC[C@@H](O)[C@H](OC)C2)CC(=O)[C@H](C)/C=C(\C)[C@@H](O)[C@@H](CO)C(=O)[C@H](C)C[C@H](C)/C=C/C=CC=C1C. The number of aliphatic hydroxyl groups is 4. The van der Waals surface area contributed by atoms with Crippen LogP contribution in [0, 0.1) is 41.4 Å². The Hall–Kier alpha value is -3.37. The Balaban J connectivity index is 1.70. The molecule has 14 nitrogen and oxygen atoms in total. The minimum absolute atomic E-state index is 0.00677. The number of amides is 1.